The van der Waals surface area contributed by atoms with Crippen LogP contribution in [0, 0.1) is 36.0 Å². The van der Waals surface area contributed by atoms with Crippen LogP contribution >= 0.6 is 11.6 Å². The molecule has 0 radical (unpaired) electrons. The van der Waals surface area contributed by atoms with E-state index in [1.165, 1.54) is 10.1 Å². The minimum atomic E-state index is -0.230. The van der Waals surface area contributed by atoms with E-state index in [-0.39, 0.29) is 22.0 Å². The molecule has 0 amide bonds. The van der Waals surface area contributed by atoms with Gasteiger partial charge in [-0.05, 0) is 67.0 Å². The molecule has 0 saturated carbocycles. The van der Waals surface area contributed by atoms with Crippen molar-refractivity contribution in [2.75, 3.05) is 18.0 Å². The lowest BCUT2D eigenvalue weighted by Gasteiger charge is -2.42. The minimum absolute atomic E-state index is 0.00133. The number of nitriles is 1. The summed E-state index contributed by atoms with van der Waals surface area (Å²) in [7, 11) is 0. The molecule has 2 aliphatic rings. The number of hydrogen-bond acceptors (Lipinski definition) is 5. The number of nitrogens with zero attached hydrogens (tertiary/aromatic N) is 4. The normalized spacial score (nSPS) is 18.4. The zero-order chi connectivity index (χ0) is 24.0. The summed E-state index contributed by atoms with van der Waals surface area (Å²) in [6.07, 6.45) is 8.35. The molecular weight excluding hydrogens is 446 g/mol. The highest BCUT2D eigenvalue weighted by molar-refractivity contribution is 6.33. The second-order valence-corrected chi connectivity index (χ2v) is 9.53. The van der Waals surface area contributed by atoms with Crippen molar-refractivity contribution in [1.82, 2.24) is 9.55 Å². The number of fused-ring (bicyclic) bond motifs is 1. The lowest BCUT2D eigenvalue weighted by atomic mass is 9.73. The first-order chi connectivity index (χ1) is 16.4. The van der Waals surface area contributed by atoms with Crippen LogP contribution in [0.3, 0.4) is 0 Å². The number of terminal acetylenes is 1. The lowest BCUT2D eigenvalue weighted by molar-refractivity contribution is 0.187. The third-order valence-corrected chi connectivity index (χ3v) is 7.74. The van der Waals surface area contributed by atoms with Crippen molar-refractivity contribution in [2.24, 2.45) is 11.1 Å². The van der Waals surface area contributed by atoms with Crippen LogP contribution in [0.25, 0.3) is 5.69 Å². The Balaban J connectivity index is 1.39. The molecule has 0 unspecified atom stereocenters. The number of hydrogen-bond donors (Lipinski definition) is 1. The first-order valence-corrected chi connectivity index (χ1v) is 11.6. The highest BCUT2D eigenvalue weighted by Crippen LogP contribution is 2.51. The molecule has 1 fully saturated rings. The fourth-order valence-electron chi connectivity index (χ4n) is 5.44. The van der Waals surface area contributed by atoms with Gasteiger partial charge in [-0.25, -0.2) is 4.98 Å². The number of aryl methyl sites for hydroxylation is 1. The summed E-state index contributed by atoms with van der Waals surface area (Å²) in [4.78, 5) is 20.0. The summed E-state index contributed by atoms with van der Waals surface area (Å²) >= 11 is 6.37. The second-order valence-electron chi connectivity index (χ2n) is 9.15. The average molecular weight is 470 g/mol. The summed E-state index contributed by atoms with van der Waals surface area (Å²) in [5.74, 6) is 3.88. The van der Waals surface area contributed by atoms with Crippen LogP contribution in [-0.2, 0) is 6.42 Å². The number of piperidine rings is 1. The van der Waals surface area contributed by atoms with Crippen molar-refractivity contribution in [2.45, 2.75) is 32.2 Å². The summed E-state index contributed by atoms with van der Waals surface area (Å²) in [6, 6.07) is 14.7. The van der Waals surface area contributed by atoms with E-state index in [1.54, 1.807) is 31.2 Å². The summed E-state index contributed by atoms with van der Waals surface area (Å²) in [6.45, 7) is 3.31. The van der Waals surface area contributed by atoms with Crippen molar-refractivity contribution in [3.05, 3.63) is 85.9 Å². The number of anilines is 1. The second kappa shape index (κ2) is 8.33. The Bertz CT molecular complexity index is 1440. The van der Waals surface area contributed by atoms with Gasteiger partial charge in [0.25, 0.3) is 5.56 Å². The van der Waals surface area contributed by atoms with Crippen LogP contribution < -0.4 is 16.2 Å². The van der Waals surface area contributed by atoms with Crippen LogP contribution in [0.5, 0.6) is 0 Å². The number of benzene rings is 2. The SMILES string of the molecule is C#Cc1ccc2c(c1)[C@@H](N)C1(CCN(c3cc(=O)n(-c4cccc(C#N)c4Cl)c(C)n3)CC1)C2. The maximum atomic E-state index is 13.1. The fourth-order valence-corrected chi connectivity index (χ4v) is 5.69. The molecule has 2 heterocycles. The highest BCUT2D eigenvalue weighted by atomic mass is 35.5. The van der Waals surface area contributed by atoms with Gasteiger partial charge >= 0.3 is 0 Å². The molecule has 1 saturated heterocycles. The molecule has 1 spiro atoms. The average Bonchev–Trinajstić information content (AvgIpc) is 3.10. The van der Waals surface area contributed by atoms with E-state index in [0.29, 0.717) is 22.9 Å². The molecule has 3 aromatic rings. The van der Waals surface area contributed by atoms with Gasteiger partial charge in [0.15, 0.2) is 0 Å². The van der Waals surface area contributed by atoms with Gasteiger partial charge in [-0.3, -0.25) is 9.36 Å². The summed E-state index contributed by atoms with van der Waals surface area (Å²) in [5, 5.41) is 9.51. The Morgan fingerprint density at radius 2 is 2.00 bits per heavy atom. The number of halogens is 1. The molecule has 7 heteroatoms. The van der Waals surface area contributed by atoms with Crippen molar-refractivity contribution < 1.29 is 0 Å². The Hall–Kier alpha value is -3.58. The van der Waals surface area contributed by atoms with E-state index >= 15 is 0 Å². The van der Waals surface area contributed by atoms with Gasteiger partial charge in [-0.1, -0.05) is 29.7 Å². The molecule has 170 valence electrons. The van der Waals surface area contributed by atoms with Crippen LogP contribution in [0.2, 0.25) is 5.02 Å². The molecule has 1 aliphatic heterocycles. The third-order valence-electron chi connectivity index (χ3n) is 7.35. The van der Waals surface area contributed by atoms with E-state index in [9.17, 15) is 10.1 Å². The first-order valence-electron chi connectivity index (χ1n) is 11.3. The molecule has 0 bridgehead atoms. The molecule has 1 aromatic heterocycles. The maximum Gasteiger partial charge on any atom is 0.260 e. The standard InChI is InChI=1S/C27H24ClN5O/c1-3-18-7-8-19-15-27(26(30)21(19)13-18)9-11-32(12-10-27)23-14-24(34)33(17(2)31-23)22-6-4-5-20(16-29)25(22)28/h1,4-8,13-14,26H,9-12,15,30H2,2H3/t26-/m1/s1. The molecule has 1 aliphatic carbocycles. The topological polar surface area (TPSA) is 87.9 Å². The minimum Gasteiger partial charge on any atom is -0.356 e. The van der Waals surface area contributed by atoms with E-state index < -0.39 is 0 Å². The molecule has 2 N–H and O–H groups in total. The quantitative estimate of drug-likeness (QED) is 0.575. The molecule has 1 atom stereocenters. The molecule has 6 nitrogen and oxygen atoms in total. The Morgan fingerprint density at radius 3 is 2.68 bits per heavy atom. The summed E-state index contributed by atoms with van der Waals surface area (Å²) < 4.78 is 1.45. The lowest BCUT2D eigenvalue weighted by Crippen LogP contribution is -2.45. The van der Waals surface area contributed by atoms with E-state index in [2.05, 4.69) is 29.0 Å². The number of aromatic nitrogens is 2. The Morgan fingerprint density at radius 1 is 1.24 bits per heavy atom. The van der Waals surface area contributed by atoms with Gasteiger partial charge in [-0.15, -0.1) is 6.42 Å². The summed E-state index contributed by atoms with van der Waals surface area (Å²) in [5.41, 5.74) is 10.6. The van der Waals surface area contributed by atoms with E-state index in [0.717, 1.165) is 43.5 Å². The van der Waals surface area contributed by atoms with Crippen molar-refractivity contribution in [3.63, 3.8) is 0 Å². The van der Waals surface area contributed by atoms with Crippen molar-refractivity contribution >= 4 is 17.4 Å². The molecule has 34 heavy (non-hydrogen) atoms. The zero-order valence-electron chi connectivity index (χ0n) is 18.9. The monoisotopic (exact) mass is 469 g/mol. The maximum absolute atomic E-state index is 13.1. The van der Waals surface area contributed by atoms with E-state index in [4.69, 9.17) is 28.7 Å². The largest absolute Gasteiger partial charge is 0.356 e. The third kappa shape index (κ3) is 3.47. The van der Waals surface area contributed by atoms with Gasteiger partial charge in [-0.2, -0.15) is 5.26 Å². The van der Waals surface area contributed by atoms with Gasteiger partial charge < -0.3 is 10.6 Å². The van der Waals surface area contributed by atoms with Gasteiger partial charge in [0, 0.05) is 30.8 Å². The highest BCUT2D eigenvalue weighted by Gasteiger charge is 2.46. The predicted molar refractivity (Wildman–Crippen MR) is 133 cm³/mol. The number of rotatable bonds is 2. The van der Waals surface area contributed by atoms with Crippen LogP contribution in [0.1, 0.15) is 47.0 Å². The Labute approximate surface area is 203 Å². The van der Waals surface area contributed by atoms with Gasteiger partial charge in [0.1, 0.15) is 17.7 Å². The Kier molecular flexibility index (Phi) is 5.44. The molecule has 2 aromatic carbocycles. The van der Waals surface area contributed by atoms with Crippen molar-refractivity contribution in [3.8, 4) is 24.1 Å². The zero-order valence-corrected chi connectivity index (χ0v) is 19.6. The fraction of sp³-hybridized carbons (Fsp3) is 0.296. The number of nitrogens with two attached hydrogens (primary N) is 1. The predicted octanol–water partition coefficient (Wildman–Crippen LogP) is 3.89. The van der Waals surface area contributed by atoms with Crippen LogP contribution in [0.15, 0.2) is 47.3 Å². The molecular formula is C27H24ClN5O. The van der Waals surface area contributed by atoms with Crippen molar-refractivity contribution in [1.29, 1.82) is 5.26 Å². The van der Waals surface area contributed by atoms with Crippen LogP contribution in [0.4, 0.5) is 5.82 Å². The molecule has 5 rings (SSSR count). The van der Waals surface area contributed by atoms with E-state index in [1.807, 2.05) is 6.07 Å². The van der Waals surface area contributed by atoms with Gasteiger partial charge in [0.05, 0.1) is 16.3 Å². The smallest absolute Gasteiger partial charge is 0.260 e. The van der Waals surface area contributed by atoms with Gasteiger partial charge in [0.2, 0.25) is 0 Å². The first kappa shape index (κ1) is 22.2. The van der Waals surface area contributed by atoms with Crippen LogP contribution in [-0.4, -0.2) is 22.6 Å².